The third-order valence-electron chi connectivity index (χ3n) is 2.70. The molecule has 1 aromatic rings. The summed E-state index contributed by atoms with van der Waals surface area (Å²) in [6.45, 7) is 5.73. The van der Waals surface area contributed by atoms with Crippen molar-refractivity contribution in [1.82, 2.24) is 5.32 Å². The molecule has 0 aliphatic rings. The van der Waals surface area contributed by atoms with Crippen LogP contribution >= 0.6 is 0 Å². The molecule has 1 rings (SSSR count). The second-order valence-corrected chi connectivity index (χ2v) is 4.64. The van der Waals surface area contributed by atoms with Gasteiger partial charge in [-0.05, 0) is 37.8 Å². The lowest BCUT2D eigenvalue weighted by atomic mass is 10.0. The van der Waals surface area contributed by atoms with Crippen LogP contribution in [-0.2, 0) is 6.42 Å². The van der Waals surface area contributed by atoms with Gasteiger partial charge in [0.15, 0.2) is 0 Å². The minimum Gasteiger partial charge on any atom is -0.392 e. The zero-order valence-corrected chi connectivity index (χ0v) is 10.3. The Kier molecular flexibility index (Phi) is 6.12. The minimum atomic E-state index is -0.249. The summed E-state index contributed by atoms with van der Waals surface area (Å²) in [7, 11) is 0. The third kappa shape index (κ3) is 5.89. The SMILES string of the molecule is CC(CCc1ccccc1)CNC[C@H](C)O. The molecular formula is C14H23NO. The van der Waals surface area contributed by atoms with Gasteiger partial charge in [-0.2, -0.15) is 0 Å². The first kappa shape index (κ1) is 13.2. The molecule has 0 fully saturated rings. The minimum absolute atomic E-state index is 0.249. The molecule has 2 heteroatoms. The van der Waals surface area contributed by atoms with Crippen LogP contribution in [-0.4, -0.2) is 24.3 Å². The quantitative estimate of drug-likeness (QED) is 0.740. The Morgan fingerprint density at radius 2 is 1.81 bits per heavy atom. The fourth-order valence-electron chi connectivity index (χ4n) is 1.70. The topological polar surface area (TPSA) is 32.3 Å². The number of aliphatic hydroxyl groups excluding tert-OH is 1. The lowest BCUT2D eigenvalue weighted by Crippen LogP contribution is -2.28. The highest BCUT2D eigenvalue weighted by Gasteiger charge is 2.03. The van der Waals surface area contributed by atoms with Crippen molar-refractivity contribution in [3.8, 4) is 0 Å². The molecule has 16 heavy (non-hydrogen) atoms. The van der Waals surface area contributed by atoms with Crippen LogP contribution in [0.15, 0.2) is 30.3 Å². The second kappa shape index (κ2) is 7.42. The van der Waals surface area contributed by atoms with Crippen molar-refractivity contribution in [2.45, 2.75) is 32.8 Å². The van der Waals surface area contributed by atoms with E-state index in [9.17, 15) is 0 Å². The lowest BCUT2D eigenvalue weighted by molar-refractivity contribution is 0.189. The number of rotatable bonds is 7. The molecule has 0 amide bonds. The number of benzene rings is 1. The van der Waals surface area contributed by atoms with E-state index in [4.69, 9.17) is 5.11 Å². The van der Waals surface area contributed by atoms with Gasteiger partial charge in [0.1, 0.15) is 0 Å². The molecule has 1 unspecified atom stereocenters. The Morgan fingerprint density at radius 3 is 2.44 bits per heavy atom. The van der Waals surface area contributed by atoms with Crippen molar-refractivity contribution in [2.24, 2.45) is 5.92 Å². The van der Waals surface area contributed by atoms with Crippen molar-refractivity contribution >= 4 is 0 Å². The Hall–Kier alpha value is -0.860. The lowest BCUT2D eigenvalue weighted by Gasteiger charge is -2.13. The van der Waals surface area contributed by atoms with E-state index < -0.39 is 0 Å². The van der Waals surface area contributed by atoms with Crippen LogP contribution in [0.1, 0.15) is 25.8 Å². The average molecular weight is 221 g/mol. The van der Waals surface area contributed by atoms with Crippen molar-refractivity contribution in [2.75, 3.05) is 13.1 Å². The second-order valence-electron chi connectivity index (χ2n) is 4.64. The maximum atomic E-state index is 9.11. The van der Waals surface area contributed by atoms with E-state index in [1.807, 2.05) is 6.92 Å². The van der Waals surface area contributed by atoms with Crippen molar-refractivity contribution < 1.29 is 5.11 Å². The molecule has 2 nitrogen and oxygen atoms in total. The monoisotopic (exact) mass is 221 g/mol. The van der Waals surface area contributed by atoms with E-state index in [1.54, 1.807) is 0 Å². The fraction of sp³-hybridized carbons (Fsp3) is 0.571. The summed E-state index contributed by atoms with van der Waals surface area (Å²) in [5, 5.41) is 12.4. The van der Waals surface area contributed by atoms with Gasteiger partial charge in [0.05, 0.1) is 6.10 Å². The number of nitrogens with one attached hydrogen (secondary N) is 1. The van der Waals surface area contributed by atoms with Gasteiger partial charge >= 0.3 is 0 Å². The van der Waals surface area contributed by atoms with Gasteiger partial charge in [0.2, 0.25) is 0 Å². The Morgan fingerprint density at radius 1 is 1.12 bits per heavy atom. The third-order valence-corrected chi connectivity index (χ3v) is 2.70. The molecule has 2 N–H and O–H groups in total. The Bertz CT molecular complexity index is 271. The van der Waals surface area contributed by atoms with E-state index >= 15 is 0 Å². The van der Waals surface area contributed by atoms with Gasteiger partial charge in [-0.25, -0.2) is 0 Å². The molecule has 0 radical (unpaired) electrons. The first-order valence-electron chi connectivity index (χ1n) is 6.11. The van der Waals surface area contributed by atoms with Gasteiger partial charge in [0, 0.05) is 6.54 Å². The van der Waals surface area contributed by atoms with Gasteiger partial charge in [-0.3, -0.25) is 0 Å². The summed E-state index contributed by atoms with van der Waals surface area (Å²) in [6, 6.07) is 10.6. The molecule has 0 saturated heterocycles. The predicted octanol–water partition coefficient (Wildman–Crippen LogP) is 2.23. The highest BCUT2D eigenvalue weighted by Crippen LogP contribution is 2.08. The fourth-order valence-corrected chi connectivity index (χ4v) is 1.70. The van der Waals surface area contributed by atoms with Crippen LogP contribution in [0.3, 0.4) is 0 Å². The van der Waals surface area contributed by atoms with Crippen molar-refractivity contribution in [3.05, 3.63) is 35.9 Å². The molecule has 1 aromatic carbocycles. The summed E-state index contributed by atoms with van der Waals surface area (Å²) >= 11 is 0. The van der Waals surface area contributed by atoms with Crippen LogP contribution in [0.25, 0.3) is 0 Å². The highest BCUT2D eigenvalue weighted by atomic mass is 16.3. The first-order chi connectivity index (χ1) is 7.68. The Balaban J connectivity index is 2.13. The molecule has 0 aromatic heterocycles. The summed E-state index contributed by atoms with van der Waals surface area (Å²) in [5.74, 6) is 0.652. The van der Waals surface area contributed by atoms with Crippen LogP contribution in [0.2, 0.25) is 0 Å². The van der Waals surface area contributed by atoms with Crippen LogP contribution < -0.4 is 5.32 Å². The van der Waals surface area contributed by atoms with Gasteiger partial charge in [0.25, 0.3) is 0 Å². The normalized spacial score (nSPS) is 14.7. The predicted molar refractivity (Wildman–Crippen MR) is 68.5 cm³/mol. The van der Waals surface area contributed by atoms with E-state index in [-0.39, 0.29) is 6.10 Å². The zero-order valence-electron chi connectivity index (χ0n) is 10.3. The number of aryl methyl sites for hydroxylation is 1. The summed E-state index contributed by atoms with van der Waals surface area (Å²) in [4.78, 5) is 0. The molecule has 0 aliphatic heterocycles. The molecule has 0 saturated carbocycles. The summed E-state index contributed by atoms with van der Waals surface area (Å²) in [5.41, 5.74) is 1.41. The van der Waals surface area contributed by atoms with E-state index in [2.05, 4.69) is 42.6 Å². The van der Waals surface area contributed by atoms with Gasteiger partial charge < -0.3 is 10.4 Å². The molecule has 90 valence electrons. The number of aliphatic hydroxyl groups is 1. The van der Waals surface area contributed by atoms with E-state index in [0.717, 1.165) is 13.0 Å². The highest BCUT2D eigenvalue weighted by molar-refractivity contribution is 5.14. The smallest absolute Gasteiger partial charge is 0.0636 e. The maximum Gasteiger partial charge on any atom is 0.0636 e. The largest absolute Gasteiger partial charge is 0.392 e. The summed E-state index contributed by atoms with van der Waals surface area (Å²) < 4.78 is 0. The molecule has 2 atom stereocenters. The first-order valence-corrected chi connectivity index (χ1v) is 6.11. The molecule has 0 heterocycles. The molecule has 0 spiro atoms. The van der Waals surface area contributed by atoms with Gasteiger partial charge in [-0.15, -0.1) is 0 Å². The standard InChI is InChI=1S/C14H23NO/c1-12(10-15-11-13(2)16)8-9-14-6-4-3-5-7-14/h3-7,12-13,15-16H,8-11H2,1-2H3/t12?,13-/m0/s1. The zero-order chi connectivity index (χ0) is 11.8. The molecular weight excluding hydrogens is 198 g/mol. The number of hydrogen-bond acceptors (Lipinski definition) is 2. The van der Waals surface area contributed by atoms with Crippen molar-refractivity contribution in [1.29, 1.82) is 0 Å². The van der Waals surface area contributed by atoms with Crippen LogP contribution in [0, 0.1) is 5.92 Å². The van der Waals surface area contributed by atoms with Crippen LogP contribution in [0.4, 0.5) is 0 Å². The Labute approximate surface area is 98.7 Å². The van der Waals surface area contributed by atoms with Gasteiger partial charge in [-0.1, -0.05) is 37.3 Å². The maximum absolute atomic E-state index is 9.11. The van der Waals surface area contributed by atoms with E-state index in [1.165, 1.54) is 12.0 Å². The summed E-state index contributed by atoms with van der Waals surface area (Å²) in [6.07, 6.45) is 2.08. The van der Waals surface area contributed by atoms with Crippen LogP contribution in [0.5, 0.6) is 0 Å². The average Bonchev–Trinajstić information content (AvgIpc) is 2.27. The molecule has 0 bridgehead atoms. The number of hydrogen-bond donors (Lipinski definition) is 2. The van der Waals surface area contributed by atoms with E-state index in [0.29, 0.717) is 12.5 Å². The molecule has 0 aliphatic carbocycles. The van der Waals surface area contributed by atoms with Crippen molar-refractivity contribution in [3.63, 3.8) is 0 Å².